The number of carboxylic acid groups (broad SMARTS) is 1. The van der Waals surface area contributed by atoms with Gasteiger partial charge in [-0.25, -0.2) is 4.98 Å². The molecule has 0 aliphatic carbocycles. The summed E-state index contributed by atoms with van der Waals surface area (Å²) in [4.78, 5) is 14.2. The minimum Gasteiger partial charge on any atom is -0.481 e. The van der Waals surface area contributed by atoms with E-state index in [9.17, 15) is 4.79 Å². The van der Waals surface area contributed by atoms with Crippen LogP contribution in [0.25, 0.3) is 0 Å². The Bertz CT molecular complexity index is 249. The largest absolute Gasteiger partial charge is 0.481 e. The Balaban J connectivity index is 2.31. The lowest BCUT2D eigenvalue weighted by Crippen LogP contribution is -2.19. The summed E-state index contributed by atoms with van der Waals surface area (Å²) in [7, 11) is 0. The van der Waals surface area contributed by atoms with Gasteiger partial charge in [-0.2, -0.15) is 4.37 Å². The lowest BCUT2D eigenvalue weighted by Gasteiger charge is -2.05. The number of carboxylic acids is 1. The van der Waals surface area contributed by atoms with Gasteiger partial charge in [0.15, 0.2) is 0 Å². The van der Waals surface area contributed by atoms with Crippen LogP contribution in [0.2, 0.25) is 0 Å². The molecule has 1 unspecified atom stereocenters. The van der Waals surface area contributed by atoms with E-state index < -0.39 is 11.9 Å². The fourth-order valence-electron chi connectivity index (χ4n) is 0.579. The first-order chi connectivity index (χ1) is 5.70. The lowest BCUT2D eigenvalue weighted by atomic mass is 10.2. The van der Waals surface area contributed by atoms with E-state index in [2.05, 4.69) is 14.7 Å². The van der Waals surface area contributed by atoms with Crippen LogP contribution >= 0.6 is 11.5 Å². The first kappa shape index (κ1) is 8.92. The summed E-state index contributed by atoms with van der Waals surface area (Å²) < 4.78 is 3.77. The Morgan fingerprint density at radius 2 is 2.67 bits per heavy atom. The number of aliphatic carboxylic acids is 1. The van der Waals surface area contributed by atoms with Crippen molar-refractivity contribution in [1.29, 1.82) is 0 Å². The molecule has 6 heteroatoms. The Kier molecular flexibility index (Phi) is 2.98. The third-order valence-electron chi connectivity index (χ3n) is 1.34. The predicted octanol–water partition coefficient (Wildman–Crippen LogP) is 0.671. The SMILES string of the molecule is CC(CNc1ncns1)C(=O)O. The molecule has 5 nitrogen and oxygen atoms in total. The average molecular weight is 187 g/mol. The van der Waals surface area contributed by atoms with Gasteiger partial charge in [0.1, 0.15) is 6.33 Å². The van der Waals surface area contributed by atoms with Crippen LogP contribution < -0.4 is 5.32 Å². The molecule has 0 bridgehead atoms. The molecular formula is C6H9N3O2S. The van der Waals surface area contributed by atoms with Crippen LogP contribution in [0.3, 0.4) is 0 Å². The molecule has 0 aromatic carbocycles. The van der Waals surface area contributed by atoms with Crippen LogP contribution in [0.1, 0.15) is 6.92 Å². The Morgan fingerprint density at radius 1 is 1.92 bits per heavy atom. The van der Waals surface area contributed by atoms with E-state index in [0.29, 0.717) is 11.7 Å². The highest BCUT2D eigenvalue weighted by Crippen LogP contribution is 2.07. The van der Waals surface area contributed by atoms with Crippen LogP contribution in [-0.4, -0.2) is 27.0 Å². The summed E-state index contributed by atoms with van der Waals surface area (Å²) in [5, 5.41) is 12.1. The summed E-state index contributed by atoms with van der Waals surface area (Å²) in [6.07, 6.45) is 1.43. The number of hydrogen-bond donors (Lipinski definition) is 2. The maximum Gasteiger partial charge on any atom is 0.308 e. The number of aromatic nitrogens is 2. The van der Waals surface area contributed by atoms with Gasteiger partial charge < -0.3 is 10.4 Å². The highest BCUT2D eigenvalue weighted by atomic mass is 32.1. The third-order valence-corrected chi connectivity index (χ3v) is 1.96. The number of nitrogens with zero attached hydrogens (tertiary/aromatic N) is 2. The molecule has 2 N–H and O–H groups in total. The van der Waals surface area contributed by atoms with Crippen LogP contribution in [-0.2, 0) is 4.79 Å². The zero-order valence-corrected chi connectivity index (χ0v) is 7.34. The average Bonchev–Trinajstić information content (AvgIpc) is 2.51. The molecule has 0 radical (unpaired) electrons. The summed E-state index contributed by atoms with van der Waals surface area (Å²) in [6, 6.07) is 0. The monoisotopic (exact) mass is 187 g/mol. The second-order valence-corrected chi connectivity index (χ2v) is 3.15. The molecule has 1 aromatic heterocycles. The molecule has 1 aromatic rings. The van der Waals surface area contributed by atoms with Crippen LogP contribution in [0.4, 0.5) is 5.13 Å². The summed E-state index contributed by atoms with van der Waals surface area (Å²) in [5.41, 5.74) is 0. The Hall–Kier alpha value is -1.17. The fraction of sp³-hybridized carbons (Fsp3) is 0.500. The molecule has 0 aliphatic rings. The zero-order chi connectivity index (χ0) is 8.97. The first-order valence-electron chi connectivity index (χ1n) is 3.43. The van der Waals surface area contributed by atoms with Crippen LogP contribution in [0, 0.1) is 5.92 Å². The van der Waals surface area contributed by atoms with Gasteiger partial charge in [0, 0.05) is 18.1 Å². The van der Waals surface area contributed by atoms with Gasteiger partial charge in [0.25, 0.3) is 0 Å². The highest BCUT2D eigenvalue weighted by molar-refractivity contribution is 7.09. The van der Waals surface area contributed by atoms with Crippen molar-refractivity contribution in [3.05, 3.63) is 6.33 Å². The van der Waals surface area contributed by atoms with Crippen molar-refractivity contribution >= 4 is 22.6 Å². The molecule has 0 amide bonds. The summed E-state index contributed by atoms with van der Waals surface area (Å²) in [6.45, 7) is 2.01. The van der Waals surface area contributed by atoms with Crippen molar-refractivity contribution in [2.24, 2.45) is 5.92 Å². The molecule has 0 spiro atoms. The fourth-order valence-corrected chi connectivity index (χ4v) is 1.01. The second-order valence-electron chi connectivity index (χ2n) is 2.37. The number of nitrogens with one attached hydrogen (secondary N) is 1. The van der Waals surface area contributed by atoms with Crippen molar-refractivity contribution in [2.75, 3.05) is 11.9 Å². The van der Waals surface area contributed by atoms with E-state index in [1.54, 1.807) is 6.92 Å². The van der Waals surface area contributed by atoms with E-state index in [4.69, 9.17) is 5.11 Å². The first-order valence-corrected chi connectivity index (χ1v) is 4.21. The smallest absolute Gasteiger partial charge is 0.308 e. The highest BCUT2D eigenvalue weighted by Gasteiger charge is 2.10. The predicted molar refractivity (Wildman–Crippen MR) is 45.2 cm³/mol. The van der Waals surface area contributed by atoms with Crippen molar-refractivity contribution < 1.29 is 9.90 Å². The minimum atomic E-state index is -0.813. The van der Waals surface area contributed by atoms with E-state index in [0.717, 1.165) is 0 Å². The molecule has 0 fully saturated rings. The summed E-state index contributed by atoms with van der Waals surface area (Å²) in [5.74, 6) is -1.22. The molecule has 0 saturated heterocycles. The lowest BCUT2D eigenvalue weighted by molar-refractivity contribution is -0.140. The third kappa shape index (κ3) is 2.46. The quantitative estimate of drug-likeness (QED) is 0.724. The van der Waals surface area contributed by atoms with Crippen LogP contribution in [0.15, 0.2) is 6.33 Å². The molecule has 0 saturated carbocycles. The van der Waals surface area contributed by atoms with E-state index in [1.165, 1.54) is 17.9 Å². The Morgan fingerprint density at radius 3 is 3.17 bits per heavy atom. The van der Waals surface area contributed by atoms with Gasteiger partial charge in [-0.1, -0.05) is 6.92 Å². The van der Waals surface area contributed by atoms with Gasteiger partial charge in [-0.05, 0) is 0 Å². The molecule has 1 heterocycles. The topological polar surface area (TPSA) is 75.1 Å². The maximum absolute atomic E-state index is 10.4. The van der Waals surface area contributed by atoms with Crippen molar-refractivity contribution in [3.8, 4) is 0 Å². The van der Waals surface area contributed by atoms with Crippen LogP contribution in [0.5, 0.6) is 0 Å². The van der Waals surface area contributed by atoms with E-state index >= 15 is 0 Å². The second kappa shape index (κ2) is 4.01. The molecule has 66 valence electrons. The number of carbonyl (C=O) groups is 1. The molecular weight excluding hydrogens is 178 g/mol. The standard InChI is InChI=1S/C6H9N3O2S/c1-4(5(10)11)2-7-6-8-3-9-12-6/h3-4H,2H2,1H3,(H,10,11)(H,7,8,9). The minimum absolute atomic E-state index is 0.379. The van der Waals surface area contributed by atoms with Gasteiger partial charge in [0.2, 0.25) is 5.13 Å². The van der Waals surface area contributed by atoms with Crippen molar-refractivity contribution in [3.63, 3.8) is 0 Å². The number of hydrogen-bond acceptors (Lipinski definition) is 5. The van der Waals surface area contributed by atoms with Crippen molar-refractivity contribution in [2.45, 2.75) is 6.92 Å². The van der Waals surface area contributed by atoms with E-state index in [-0.39, 0.29) is 0 Å². The zero-order valence-electron chi connectivity index (χ0n) is 6.52. The van der Waals surface area contributed by atoms with Crippen molar-refractivity contribution in [1.82, 2.24) is 9.36 Å². The van der Waals surface area contributed by atoms with Gasteiger partial charge in [-0.3, -0.25) is 4.79 Å². The maximum atomic E-state index is 10.4. The normalized spacial score (nSPS) is 12.4. The van der Waals surface area contributed by atoms with Gasteiger partial charge in [-0.15, -0.1) is 0 Å². The molecule has 12 heavy (non-hydrogen) atoms. The van der Waals surface area contributed by atoms with E-state index in [1.807, 2.05) is 0 Å². The van der Waals surface area contributed by atoms with Gasteiger partial charge in [0.05, 0.1) is 5.92 Å². The Labute approximate surface area is 73.6 Å². The number of rotatable bonds is 4. The number of anilines is 1. The molecule has 1 atom stereocenters. The molecule has 1 rings (SSSR count). The summed E-state index contributed by atoms with van der Waals surface area (Å²) >= 11 is 1.21. The molecule has 0 aliphatic heterocycles. The van der Waals surface area contributed by atoms with Gasteiger partial charge >= 0.3 is 5.97 Å².